The molecule has 306 valence electrons. The Labute approximate surface area is 357 Å². The molecule has 11 nitrogen and oxygen atoms in total. The van der Waals surface area contributed by atoms with E-state index in [0.717, 1.165) is 27.2 Å². The normalized spacial score (nSPS) is 13.3. The average molecular weight is 867 g/mol. The molecular weight excluding hydrogens is 828 g/mol. The summed E-state index contributed by atoms with van der Waals surface area (Å²) in [7, 11) is -1.04. The zero-order chi connectivity index (χ0) is 43.7. The van der Waals surface area contributed by atoms with Crippen LogP contribution in [0.4, 0.5) is 16.2 Å². The Morgan fingerprint density at radius 3 is 2.12 bits per heavy atom. The van der Waals surface area contributed by atoms with E-state index in [1.54, 1.807) is 98.1 Å². The summed E-state index contributed by atoms with van der Waals surface area (Å²) in [5, 5.41) is 26.4. The summed E-state index contributed by atoms with van der Waals surface area (Å²) < 4.78 is 25.1. The summed E-state index contributed by atoms with van der Waals surface area (Å²) in [6, 6.07) is 32.7. The third kappa shape index (κ3) is 10.9. The van der Waals surface area contributed by atoms with Crippen LogP contribution >= 0.6 is 23.2 Å². The maximum absolute atomic E-state index is 13.7. The van der Waals surface area contributed by atoms with Gasteiger partial charge in [-0.25, -0.2) is 4.39 Å². The van der Waals surface area contributed by atoms with Crippen molar-refractivity contribution in [3.05, 3.63) is 170 Å². The van der Waals surface area contributed by atoms with Crippen molar-refractivity contribution in [1.82, 2.24) is 15.2 Å². The van der Waals surface area contributed by atoms with Gasteiger partial charge in [0.25, 0.3) is 0 Å². The number of ketones is 1. The molecule has 0 bridgehead atoms. The fourth-order valence-electron chi connectivity index (χ4n) is 6.13. The Hall–Kier alpha value is -6.54. The number of aromatic nitrogens is 3. The summed E-state index contributed by atoms with van der Waals surface area (Å²) in [6.45, 7) is 3.46. The van der Waals surface area contributed by atoms with Crippen LogP contribution in [0.1, 0.15) is 64.4 Å². The van der Waals surface area contributed by atoms with E-state index >= 15 is 0 Å². The van der Waals surface area contributed by atoms with Crippen LogP contribution in [-0.4, -0.2) is 53.6 Å². The number of nitrogens with zero attached hydrogens (tertiary/aromatic N) is 3. The minimum absolute atomic E-state index is 0.0133. The first kappa shape index (κ1) is 44.6. The van der Waals surface area contributed by atoms with Crippen molar-refractivity contribution in [3.8, 4) is 11.3 Å². The molecule has 6 aromatic rings. The van der Waals surface area contributed by atoms with E-state index in [4.69, 9.17) is 44.9 Å². The number of carboxylic acids is 2. The van der Waals surface area contributed by atoms with Gasteiger partial charge in [-0.2, -0.15) is 4.98 Å². The fourth-order valence-corrected chi connectivity index (χ4v) is 7.04. The lowest BCUT2D eigenvalue weighted by atomic mass is 9.96. The first-order chi connectivity index (χ1) is 28.5. The largest absolute Gasteiger partial charge is 0.481 e. The standard InChI is InChI=1S/C20H17FO3S.C16H14O3.C9H7Cl2N5/c1-12-17(9-13-3-6-15(7-4-13)25(2)24)16-8-5-14(21)10-19(16)18(12)11-20(22)23;1-11(16(18)19)13-8-5-9-14(10-13)15(17)12-6-3-2-4-7-12;10-5-3-1-2-4(6(5)11)7-8(12)14-9(13)16-15-7/h3-10H,11H2,1-2H3,(H,22,23);2-11H,1H3,(H,18,19);1-3H,(H4,12,13,14,16)/b17-9-;;. The molecule has 0 amide bonds. The topological polar surface area (TPSA) is 199 Å². The predicted molar refractivity (Wildman–Crippen MR) is 234 cm³/mol. The predicted octanol–water partition coefficient (Wildman–Crippen LogP) is 9.48. The van der Waals surface area contributed by atoms with Crippen LogP contribution in [0.25, 0.3) is 28.5 Å². The number of hydrogen-bond donors (Lipinski definition) is 4. The highest BCUT2D eigenvalue weighted by atomic mass is 35.5. The summed E-state index contributed by atoms with van der Waals surface area (Å²) in [5.41, 5.74) is 18.5. The molecule has 1 aromatic heterocycles. The summed E-state index contributed by atoms with van der Waals surface area (Å²) in [5.74, 6) is -2.77. The minimum atomic E-state index is -1.04. The number of fused-ring (bicyclic) bond motifs is 1. The lowest BCUT2D eigenvalue weighted by Gasteiger charge is -2.08. The molecule has 2 unspecified atom stereocenters. The second kappa shape index (κ2) is 19.9. The zero-order valence-corrected chi connectivity index (χ0v) is 34.7. The molecular formula is C45H38Cl2FN5O6S. The number of anilines is 2. The smallest absolute Gasteiger partial charge is 0.310 e. The van der Waals surface area contributed by atoms with E-state index in [2.05, 4.69) is 15.2 Å². The molecule has 60 heavy (non-hydrogen) atoms. The molecule has 0 radical (unpaired) electrons. The molecule has 15 heteroatoms. The van der Waals surface area contributed by atoms with E-state index in [1.165, 1.54) is 12.1 Å². The molecule has 5 aromatic carbocycles. The van der Waals surface area contributed by atoms with Gasteiger partial charge < -0.3 is 21.7 Å². The molecule has 0 fully saturated rings. The van der Waals surface area contributed by atoms with Gasteiger partial charge in [0.1, 0.15) is 11.5 Å². The Morgan fingerprint density at radius 2 is 1.48 bits per heavy atom. The van der Waals surface area contributed by atoms with Crippen LogP contribution < -0.4 is 11.5 Å². The van der Waals surface area contributed by atoms with Crippen LogP contribution in [0.2, 0.25) is 10.0 Å². The summed E-state index contributed by atoms with van der Waals surface area (Å²) in [4.78, 5) is 38.9. The van der Waals surface area contributed by atoms with Crippen molar-refractivity contribution in [1.29, 1.82) is 0 Å². The Morgan fingerprint density at radius 1 is 0.817 bits per heavy atom. The monoisotopic (exact) mass is 865 g/mol. The highest BCUT2D eigenvalue weighted by molar-refractivity contribution is 7.84. The van der Waals surface area contributed by atoms with Gasteiger partial charge in [-0.3, -0.25) is 18.6 Å². The third-order valence-corrected chi connectivity index (χ3v) is 11.1. The quantitative estimate of drug-likeness (QED) is 0.101. The molecule has 0 saturated heterocycles. The van der Waals surface area contributed by atoms with Crippen molar-refractivity contribution in [2.24, 2.45) is 0 Å². The minimum Gasteiger partial charge on any atom is -0.481 e. The number of allylic oxidation sites excluding steroid dienone is 2. The second-order valence-corrected chi connectivity index (χ2v) is 15.5. The first-order valence-electron chi connectivity index (χ1n) is 18.1. The van der Waals surface area contributed by atoms with Crippen LogP contribution in [0, 0.1) is 5.82 Å². The van der Waals surface area contributed by atoms with E-state index < -0.39 is 28.7 Å². The van der Waals surface area contributed by atoms with Gasteiger partial charge >= 0.3 is 11.9 Å². The number of hydrogen-bond acceptors (Lipinski definition) is 9. The maximum Gasteiger partial charge on any atom is 0.310 e. The van der Waals surface area contributed by atoms with E-state index in [1.807, 2.05) is 31.2 Å². The molecule has 1 aliphatic rings. The van der Waals surface area contributed by atoms with Crippen molar-refractivity contribution < 1.29 is 33.2 Å². The SMILES string of the molecule is CC(C(=O)O)c1cccc(C(=O)c2ccccc2)c1.CC1=C(CC(=O)O)c2cc(F)ccc2/C1=C\c1ccc(S(C)=O)cc1.Nc1nnc(-c2cccc(Cl)c2Cl)c(N)n1. The number of carbonyl (C=O) groups excluding carboxylic acids is 1. The number of rotatable bonds is 9. The van der Waals surface area contributed by atoms with Gasteiger partial charge in [0.2, 0.25) is 5.95 Å². The lowest BCUT2D eigenvalue weighted by molar-refractivity contribution is -0.138. The number of carbonyl (C=O) groups is 3. The van der Waals surface area contributed by atoms with E-state index in [0.29, 0.717) is 49.1 Å². The molecule has 2 atom stereocenters. The van der Waals surface area contributed by atoms with E-state index in [9.17, 15) is 23.0 Å². The first-order valence-corrected chi connectivity index (χ1v) is 20.4. The number of nitrogen functional groups attached to an aromatic ring is 2. The molecule has 7 rings (SSSR count). The number of carboxylic acid groups (broad SMARTS) is 2. The van der Waals surface area contributed by atoms with Crippen LogP contribution in [0.15, 0.2) is 126 Å². The molecule has 0 spiro atoms. The second-order valence-electron chi connectivity index (χ2n) is 13.3. The van der Waals surface area contributed by atoms with Crippen molar-refractivity contribution >= 4 is 80.7 Å². The third-order valence-electron chi connectivity index (χ3n) is 9.30. The van der Waals surface area contributed by atoms with E-state index in [-0.39, 0.29) is 29.8 Å². The average Bonchev–Trinajstić information content (AvgIpc) is 3.47. The van der Waals surface area contributed by atoms with Gasteiger partial charge in [-0.1, -0.05) is 102 Å². The summed E-state index contributed by atoms with van der Waals surface area (Å²) in [6.07, 6.45) is 3.43. The van der Waals surface area contributed by atoms with Gasteiger partial charge in [-0.15, -0.1) is 10.2 Å². The molecule has 0 saturated carbocycles. The number of aliphatic carboxylic acids is 2. The van der Waals surface area contributed by atoms with Crippen LogP contribution in [0.3, 0.4) is 0 Å². The number of halogens is 3. The van der Waals surface area contributed by atoms with Crippen LogP contribution in [-0.2, 0) is 20.4 Å². The van der Waals surface area contributed by atoms with Gasteiger partial charge in [0, 0.05) is 38.6 Å². The number of benzene rings is 5. The van der Waals surface area contributed by atoms with Crippen LogP contribution in [0.5, 0.6) is 0 Å². The molecule has 1 heterocycles. The zero-order valence-electron chi connectivity index (χ0n) is 32.4. The Bertz CT molecular complexity index is 2680. The molecule has 1 aliphatic carbocycles. The maximum atomic E-state index is 13.7. The van der Waals surface area contributed by atoms with Crippen molar-refractivity contribution in [3.63, 3.8) is 0 Å². The highest BCUT2D eigenvalue weighted by Crippen LogP contribution is 2.44. The van der Waals surface area contributed by atoms with Gasteiger partial charge in [0.15, 0.2) is 11.6 Å². The number of nitrogens with two attached hydrogens (primary N) is 2. The fraction of sp³-hybridized carbons (Fsp3) is 0.111. The Kier molecular flexibility index (Phi) is 14.8. The van der Waals surface area contributed by atoms with Crippen molar-refractivity contribution in [2.45, 2.75) is 31.1 Å². The Balaban J connectivity index is 0.000000176. The highest BCUT2D eigenvalue weighted by Gasteiger charge is 2.25. The van der Waals surface area contributed by atoms with Gasteiger partial charge in [-0.05, 0) is 95.3 Å². The summed E-state index contributed by atoms with van der Waals surface area (Å²) >= 11 is 11.9. The van der Waals surface area contributed by atoms with Gasteiger partial charge in [0.05, 0.1) is 22.4 Å². The molecule has 6 N–H and O–H groups in total. The molecule has 0 aliphatic heterocycles. The lowest BCUT2D eigenvalue weighted by Crippen LogP contribution is -2.09. The van der Waals surface area contributed by atoms with Crippen molar-refractivity contribution in [2.75, 3.05) is 17.7 Å².